The van der Waals surface area contributed by atoms with E-state index in [1.54, 1.807) is 39.1 Å². The lowest BCUT2D eigenvalue weighted by Crippen LogP contribution is -2.43. The molecule has 0 aliphatic carbocycles. The molecule has 0 radical (unpaired) electrons. The molecule has 4 N–H and O–H groups in total. The van der Waals surface area contributed by atoms with Crippen LogP contribution in [0.15, 0.2) is 59.6 Å². The third-order valence-corrected chi connectivity index (χ3v) is 10.1. The molecule has 1 fully saturated rings. The molecule has 0 unspecified atom stereocenters. The van der Waals surface area contributed by atoms with E-state index in [1.807, 2.05) is 37.3 Å². The molecule has 1 aromatic heterocycles. The fourth-order valence-corrected chi connectivity index (χ4v) is 7.64. The van der Waals surface area contributed by atoms with Crippen LogP contribution in [0.4, 0.5) is 15.3 Å². The summed E-state index contributed by atoms with van der Waals surface area (Å²) in [5.74, 6) is 0.131. The van der Waals surface area contributed by atoms with Crippen LogP contribution in [0.25, 0.3) is 10.4 Å². The van der Waals surface area contributed by atoms with Gasteiger partial charge in [-0.2, -0.15) is 0 Å². The highest BCUT2D eigenvalue weighted by atomic mass is 32.2. The molecule has 0 spiro atoms. The Morgan fingerprint density at radius 3 is 2.49 bits per heavy atom. The van der Waals surface area contributed by atoms with E-state index >= 15 is 0 Å². The number of nitrogens with zero attached hydrogens (tertiary/aromatic N) is 1. The molecule has 1 saturated heterocycles. The van der Waals surface area contributed by atoms with Crippen molar-refractivity contribution in [2.24, 2.45) is 0 Å². The first-order valence-corrected chi connectivity index (χ1v) is 17.4. The van der Waals surface area contributed by atoms with Crippen LogP contribution in [0.3, 0.4) is 0 Å². The number of hydrogen-bond acceptors (Lipinski definition) is 8. The molecule has 1 aliphatic heterocycles. The van der Waals surface area contributed by atoms with Crippen molar-refractivity contribution in [2.45, 2.75) is 88.9 Å². The zero-order chi connectivity index (χ0) is 32.6. The molecular weight excluding hydrogens is 615 g/mol. The second-order valence-corrected chi connectivity index (χ2v) is 14.9. The zero-order valence-electron chi connectivity index (χ0n) is 26.4. The summed E-state index contributed by atoms with van der Waals surface area (Å²) in [5.41, 5.74) is 1.07. The minimum atomic E-state index is -3.97. The molecule has 45 heavy (non-hydrogen) atoms. The molecule has 13 heteroatoms. The number of anilines is 1. The summed E-state index contributed by atoms with van der Waals surface area (Å²) in [4.78, 5) is 30.2. The lowest BCUT2D eigenvalue weighted by molar-refractivity contribution is -0.0983. The van der Waals surface area contributed by atoms with Crippen molar-refractivity contribution in [3.63, 3.8) is 0 Å². The molecule has 1 aliphatic rings. The van der Waals surface area contributed by atoms with Gasteiger partial charge in [0.05, 0.1) is 28.0 Å². The highest BCUT2D eigenvalue weighted by Crippen LogP contribution is 2.38. The Balaban J connectivity index is 1.49. The molecule has 0 saturated carbocycles. The van der Waals surface area contributed by atoms with E-state index in [0.717, 1.165) is 29.8 Å². The number of hydrogen-bond donors (Lipinski definition) is 4. The van der Waals surface area contributed by atoms with Crippen LogP contribution in [0.2, 0.25) is 0 Å². The minimum Gasteiger partial charge on any atom is -0.441 e. The summed E-state index contributed by atoms with van der Waals surface area (Å²) in [6.45, 7) is 10.6. The van der Waals surface area contributed by atoms with E-state index in [4.69, 9.17) is 9.47 Å². The number of aromatic nitrogens is 1. The van der Waals surface area contributed by atoms with Crippen molar-refractivity contribution in [2.75, 3.05) is 18.5 Å². The highest BCUT2D eigenvalue weighted by molar-refractivity contribution is 7.89. The Kier molecular flexibility index (Phi) is 11.6. The van der Waals surface area contributed by atoms with Crippen molar-refractivity contribution in [1.29, 1.82) is 0 Å². The number of alkyl carbamates (subject to hydrolysis) is 1. The topological polar surface area (TPSA) is 148 Å². The van der Waals surface area contributed by atoms with Gasteiger partial charge in [0, 0.05) is 41.5 Å². The fourth-order valence-electron chi connectivity index (χ4n) is 4.73. The third kappa shape index (κ3) is 10.2. The van der Waals surface area contributed by atoms with Crippen LogP contribution in [0.1, 0.15) is 70.4 Å². The second kappa shape index (κ2) is 15.2. The fraction of sp³-hybridized carbons (Fsp3) is 0.469. The maximum Gasteiger partial charge on any atom is 0.407 e. The normalized spacial score (nSPS) is 15.0. The molecule has 2 heterocycles. The number of carbonyl (C=O) groups is 2. The van der Waals surface area contributed by atoms with Crippen LogP contribution in [-0.4, -0.2) is 56.4 Å². The van der Waals surface area contributed by atoms with Crippen LogP contribution in [-0.2, 0) is 26.0 Å². The minimum absolute atomic E-state index is 0.0507. The van der Waals surface area contributed by atoms with Crippen molar-refractivity contribution in [1.82, 2.24) is 20.3 Å². The largest absolute Gasteiger partial charge is 0.441 e. The molecule has 3 amide bonds. The van der Waals surface area contributed by atoms with Gasteiger partial charge in [-0.3, -0.25) is 0 Å². The lowest BCUT2D eigenvalue weighted by atomic mass is 9.98. The average molecular weight is 658 g/mol. The summed E-state index contributed by atoms with van der Waals surface area (Å²) in [5, 5.41) is 9.32. The van der Waals surface area contributed by atoms with Gasteiger partial charge in [-0.05, 0) is 64.7 Å². The van der Waals surface area contributed by atoms with Gasteiger partial charge < -0.3 is 25.4 Å². The first-order chi connectivity index (χ1) is 21.3. The molecule has 11 nitrogen and oxygen atoms in total. The van der Waals surface area contributed by atoms with Gasteiger partial charge in [0.1, 0.15) is 0 Å². The maximum atomic E-state index is 13.6. The Morgan fingerprint density at radius 1 is 1.11 bits per heavy atom. The van der Waals surface area contributed by atoms with E-state index in [-0.39, 0.29) is 23.0 Å². The van der Waals surface area contributed by atoms with Gasteiger partial charge in [0.15, 0.2) is 6.10 Å². The quantitative estimate of drug-likeness (QED) is 0.176. The first-order valence-electron chi connectivity index (χ1n) is 15.1. The number of nitrogens with one attached hydrogen (secondary N) is 4. The predicted octanol–water partition coefficient (Wildman–Crippen LogP) is 6.00. The van der Waals surface area contributed by atoms with Gasteiger partial charge in [-0.15, -0.1) is 11.3 Å². The number of benzene rings is 2. The Morgan fingerprint density at radius 2 is 1.84 bits per heavy atom. The molecular formula is C32H43N5O6S2. The number of amides is 3. The number of sulfonamides is 1. The van der Waals surface area contributed by atoms with E-state index in [0.29, 0.717) is 35.9 Å². The maximum absolute atomic E-state index is 13.6. The zero-order valence-corrected chi connectivity index (χ0v) is 28.0. The van der Waals surface area contributed by atoms with Crippen LogP contribution >= 0.6 is 11.3 Å². The van der Waals surface area contributed by atoms with E-state index < -0.39 is 27.7 Å². The van der Waals surface area contributed by atoms with Crippen LogP contribution < -0.4 is 20.7 Å². The van der Waals surface area contributed by atoms with Crippen LogP contribution in [0.5, 0.6) is 0 Å². The van der Waals surface area contributed by atoms with Gasteiger partial charge in [-0.1, -0.05) is 43.3 Å². The number of ether oxygens (including phenoxy) is 2. The second-order valence-electron chi connectivity index (χ2n) is 12.2. The molecule has 4 rings (SSSR count). The Bertz CT molecular complexity index is 1550. The summed E-state index contributed by atoms with van der Waals surface area (Å²) < 4.78 is 40.3. The summed E-state index contributed by atoms with van der Waals surface area (Å²) in [6.07, 6.45) is 3.43. The number of urea groups is 1. The SMILES string of the molecule is CC[C@@H](CC[C@H](C)NC(=O)OC1COC1)c1ncc(-c2ccc(NC(=O)NCc3ccccc3)cc2S(=O)(=O)NC(C)(C)C)s1. The monoisotopic (exact) mass is 657 g/mol. The molecule has 2 aromatic carbocycles. The highest BCUT2D eigenvalue weighted by Gasteiger charge is 2.28. The lowest BCUT2D eigenvalue weighted by Gasteiger charge is -2.26. The summed E-state index contributed by atoms with van der Waals surface area (Å²) in [6, 6.07) is 13.8. The smallest absolute Gasteiger partial charge is 0.407 e. The van der Waals surface area contributed by atoms with Crippen LogP contribution in [0, 0.1) is 0 Å². The van der Waals surface area contributed by atoms with Crippen molar-refractivity contribution < 1.29 is 27.5 Å². The number of rotatable bonds is 13. The Labute approximate surface area is 269 Å². The van der Waals surface area contributed by atoms with Gasteiger partial charge in [0.2, 0.25) is 10.0 Å². The molecule has 0 bridgehead atoms. The Hall–Kier alpha value is -3.52. The van der Waals surface area contributed by atoms with Crippen molar-refractivity contribution in [3.05, 3.63) is 65.3 Å². The number of carbonyl (C=O) groups excluding carboxylic acids is 2. The van der Waals surface area contributed by atoms with E-state index in [9.17, 15) is 18.0 Å². The van der Waals surface area contributed by atoms with Gasteiger partial charge >= 0.3 is 12.1 Å². The van der Waals surface area contributed by atoms with E-state index in [1.165, 1.54) is 17.4 Å². The standard InChI is InChI=1S/C32H43N5O6S2/c1-6-23(13-12-21(2)35-31(39)43-25-19-42-20-25)29-33-18-27(44-29)26-15-14-24(16-28(26)45(40,41)37-32(3,4)5)36-30(38)34-17-22-10-8-7-9-11-22/h7-11,14-16,18,21,23,25,37H,6,12-13,17,19-20H2,1-5H3,(H,35,39)(H2,34,36,38)/t21-,23-/m0/s1. The van der Waals surface area contributed by atoms with Crippen molar-refractivity contribution >= 4 is 39.2 Å². The summed E-state index contributed by atoms with van der Waals surface area (Å²) >= 11 is 1.45. The molecule has 2 atom stereocenters. The molecule has 3 aromatic rings. The van der Waals surface area contributed by atoms with E-state index in [2.05, 4.69) is 32.6 Å². The number of thiazole rings is 1. The first kappa shape index (κ1) is 34.4. The van der Waals surface area contributed by atoms with Crippen molar-refractivity contribution in [3.8, 4) is 10.4 Å². The summed E-state index contributed by atoms with van der Waals surface area (Å²) in [7, 11) is -3.97. The average Bonchev–Trinajstić information content (AvgIpc) is 3.43. The van der Waals surface area contributed by atoms with Gasteiger partial charge in [-0.25, -0.2) is 27.7 Å². The van der Waals surface area contributed by atoms with Gasteiger partial charge in [0.25, 0.3) is 0 Å². The molecule has 244 valence electrons. The predicted molar refractivity (Wildman–Crippen MR) is 176 cm³/mol. The third-order valence-electron chi connectivity index (χ3n) is 7.09.